The molecule has 0 radical (unpaired) electrons. The lowest BCUT2D eigenvalue weighted by Crippen LogP contribution is -2.22. The molecular formula is C22H22N2O. The van der Waals surface area contributed by atoms with Crippen LogP contribution in [0.4, 0.5) is 5.69 Å². The zero-order valence-corrected chi connectivity index (χ0v) is 14.6. The van der Waals surface area contributed by atoms with Gasteiger partial charge in [-0.05, 0) is 54.3 Å². The van der Waals surface area contributed by atoms with Gasteiger partial charge in [-0.15, -0.1) is 0 Å². The van der Waals surface area contributed by atoms with Crippen molar-refractivity contribution in [2.75, 3.05) is 5.32 Å². The van der Waals surface area contributed by atoms with E-state index in [9.17, 15) is 4.79 Å². The minimum absolute atomic E-state index is 0.0383. The fraction of sp³-hybridized carbons (Fsp3) is 0.182. The van der Waals surface area contributed by atoms with Gasteiger partial charge in [0, 0.05) is 23.5 Å². The molecule has 1 aromatic heterocycles. The summed E-state index contributed by atoms with van der Waals surface area (Å²) in [5, 5.41) is 3.00. The first-order valence-electron chi connectivity index (χ1n) is 8.50. The van der Waals surface area contributed by atoms with Crippen LogP contribution in [-0.2, 0) is 11.2 Å². The van der Waals surface area contributed by atoms with Crippen LogP contribution in [0.15, 0.2) is 72.9 Å². The SMILES string of the molecule is Cc1cc(-c2ccc(NC(=O)C(C)Cc3ccccc3)cc2)ccn1. The van der Waals surface area contributed by atoms with Gasteiger partial charge in [0.05, 0.1) is 0 Å². The molecule has 3 heteroatoms. The third-order valence-corrected chi connectivity index (χ3v) is 4.21. The van der Waals surface area contributed by atoms with Crippen molar-refractivity contribution in [1.82, 2.24) is 4.98 Å². The average molecular weight is 330 g/mol. The van der Waals surface area contributed by atoms with Crippen LogP contribution in [0.2, 0.25) is 0 Å². The van der Waals surface area contributed by atoms with Gasteiger partial charge in [0.1, 0.15) is 0 Å². The fourth-order valence-corrected chi connectivity index (χ4v) is 2.80. The van der Waals surface area contributed by atoms with Crippen LogP contribution in [0, 0.1) is 12.8 Å². The molecule has 0 aliphatic heterocycles. The molecule has 1 amide bonds. The zero-order chi connectivity index (χ0) is 17.6. The van der Waals surface area contributed by atoms with Crippen LogP contribution in [0.3, 0.4) is 0 Å². The Morgan fingerprint density at radius 3 is 2.40 bits per heavy atom. The van der Waals surface area contributed by atoms with Crippen molar-refractivity contribution in [3.63, 3.8) is 0 Å². The average Bonchev–Trinajstić information content (AvgIpc) is 2.63. The molecule has 1 heterocycles. The number of rotatable bonds is 5. The minimum atomic E-state index is -0.0788. The van der Waals surface area contributed by atoms with Crippen molar-refractivity contribution in [2.45, 2.75) is 20.3 Å². The second kappa shape index (κ2) is 7.75. The van der Waals surface area contributed by atoms with Gasteiger partial charge in [0.15, 0.2) is 0 Å². The Kier molecular flexibility index (Phi) is 5.24. The van der Waals surface area contributed by atoms with E-state index in [2.05, 4.69) is 28.5 Å². The number of carbonyl (C=O) groups is 1. The molecule has 1 atom stereocenters. The molecule has 0 saturated carbocycles. The number of hydrogen-bond donors (Lipinski definition) is 1. The Hall–Kier alpha value is -2.94. The Morgan fingerprint density at radius 1 is 1.00 bits per heavy atom. The highest BCUT2D eigenvalue weighted by molar-refractivity contribution is 5.92. The summed E-state index contributed by atoms with van der Waals surface area (Å²) in [6, 6.07) is 22.1. The highest BCUT2D eigenvalue weighted by atomic mass is 16.1. The minimum Gasteiger partial charge on any atom is -0.326 e. The summed E-state index contributed by atoms with van der Waals surface area (Å²) in [7, 11) is 0. The molecule has 0 bridgehead atoms. The highest BCUT2D eigenvalue weighted by Crippen LogP contribution is 2.22. The molecule has 3 nitrogen and oxygen atoms in total. The van der Waals surface area contributed by atoms with Crippen LogP contribution in [0.25, 0.3) is 11.1 Å². The van der Waals surface area contributed by atoms with E-state index in [-0.39, 0.29) is 11.8 Å². The Balaban J connectivity index is 1.63. The van der Waals surface area contributed by atoms with Gasteiger partial charge in [-0.3, -0.25) is 9.78 Å². The number of aromatic nitrogens is 1. The van der Waals surface area contributed by atoms with E-state index in [1.54, 1.807) is 0 Å². The molecule has 3 aromatic rings. The molecule has 25 heavy (non-hydrogen) atoms. The molecular weight excluding hydrogens is 308 g/mol. The van der Waals surface area contributed by atoms with Gasteiger partial charge in [0.2, 0.25) is 5.91 Å². The molecule has 3 rings (SSSR count). The summed E-state index contributed by atoms with van der Waals surface area (Å²) in [6.07, 6.45) is 2.55. The number of amides is 1. The van der Waals surface area contributed by atoms with Gasteiger partial charge in [-0.1, -0.05) is 49.4 Å². The van der Waals surface area contributed by atoms with Crippen LogP contribution in [-0.4, -0.2) is 10.9 Å². The molecule has 0 aliphatic carbocycles. The fourth-order valence-electron chi connectivity index (χ4n) is 2.80. The largest absolute Gasteiger partial charge is 0.326 e. The lowest BCUT2D eigenvalue weighted by Gasteiger charge is -2.13. The van der Waals surface area contributed by atoms with Crippen LogP contribution < -0.4 is 5.32 Å². The van der Waals surface area contributed by atoms with Crippen molar-refractivity contribution in [1.29, 1.82) is 0 Å². The van der Waals surface area contributed by atoms with E-state index in [4.69, 9.17) is 0 Å². The molecule has 0 saturated heterocycles. The molecule has 0 spiro atoms. The van der Waals surface area contributed by atoms with Crippen molar-refractivity contribution in [3.8, 4) is 11.1 Å². The quantitative estimate of drug-likeness (QED) is 0.725. The summed E-state index contributed by atoms with van der Waals surface area (Å²) >= 11 is 0. The third-order valence-electron chi connectivity index (χ3n) is 4.21. The number of pyridine rings is 1. The first kappa shape index (κ1) is 16.9. The molecule has 2 aromatic carbocycles. The smallest absolute Gasteiger partial charge is 0.227 e. The van der Waals surface area contributed by atoms with E-state index in [1.807, 2.05) is 68.6 Å². The lowest BCUT2D eigenvalue weighted by molar-refractivity contribution is -0.119. The summed E-state index contributed by atoms with van der Waals surface area (Å²) in [5.74, 6) is -0.0405. The Labute approximate surface area is 148 Å². The van der Waals surface area contributed by atoms with Crippen LogP contribution in [0.5, 0.6) is 0 Å². The highest BCUT2D eigenvalue weighted by Gasteiger charge is 2.13. The zero-order valence-electron chi connectivity index (χ0n) is 14.6. The second-order valence-corrected chi connectivity index (χ2v) is 6.34. The first-order chi connectivity index (χ1) is 12.1. The van der Waals surface area contributed by atoms with E-state index in [0.29, 0.717) is 0 Å². The molecule has 126 valence electrons. The van der Waals surface area contributed by atoms with Gasteiger partial charge >= 0.3 is 0 Å². The number of anilines is 1. The summed E-state index contributed by atoms with van der Waals surface area (Å²) in [5.41, 5.74) is 5.22. The number of aryl methyl sites for hydroxylation is 1. The van der Waals surface area contributed by atoms with Gasteiger partial charge in [-0.25, -0.2) is 0 Å². The van der Waals surface area contributed by atoms with Gasteiger partial charge in [0.25, 0.3) is 0 Å². The van der Waals surface area contributed by atoms with Crippen molar-refractivity contribution in [2.24, 2.45) is 5.92 Å². The van der Waals surface area contributed by atoms with Crippen molar-refractivity contribution >= 4 is 11.6 Å². The standard InChI is InChI=1S/C22H22N2O/c1-16(14-18-6-4-3-5-7-18)22(25)24-21-10-8-19(9-11-21)20-12-13-23-17(2)15-20/h3-13,15-16H,14H2,1-2H3,(H,24,25). The van der Waals surface area contributed by atoms with Crippen LogP contribution >= 0.6 is 0 Å². The van der Waals surface area contributed by atoms with E-state index >= 15 is 0 Å². The van der Waals surface area contributed by atoms with E-state index in [1.165, 1.54) is 5.56 Å². The second-order valence-electron chi connectivity index (χ2n) is 6.34. The van der Waals surface area contributed by atoms with Gasteiger partial charge in [-0.2, -0.15) is 0 Å². The first-order valence-corrected chi connectivity index (χ1v) is 8.50. The maximum atomic E-state index is 12.4. The summed E-state index contributed by atoms with van der Waals surface area (Å²) in [6.45, 7) is 3.93. The van der Waals surface area contributed by atoms with E-state index in [0.717, 1.165) is 28.9 Å². The normalized spacial score (nSPS) is 11.8. The van der Waals surface area contributed by atoms with Gasteiger partial charge < -0.3 is 5.32 Å². The third kappa shape index (κ3) is 4.54. The molecule has 0 fully saturated rings. The lowest BCUT2D eigenvalue weighted by atomic mass is 10.0. The van der Waals surface area contributed by atoms with Crippen molar-refractivity contribution < 1.29 is 4.79 Å². The Morgan fingerprint density at radius 2 is 1.72 bits per heavy atom. The van der Waals surface area contributed by atoms with Crippen LogP contribution in [0.1, 0.15) is 18.2 Å². The maximum Gasteiger partial charge on any atom is 0.227 e. The molecule has 1 unspecified atom stereocenters. The number of nitrogens with one attached hydrogen (secondary N) is 1. The number of benzene rings is 2. The number of nitrogens with zero attached hydrogens (tertiary/aromatic N) is 1. The summed E-state index contributed by atoms with van der Waals surface area (Å²) in [4.78, 5) is 16.6. The monoisotopic (exact) mass is 330 g/mol. The molecule has 1 N–H and O–H groups in total. The Bertz CT molecular complexity index is 841. The van der Waals surface area contributed by atoms with Crippen molar-refractivity contribution in [3.05, 3.63) is 84.2 Å². The van der Waals surface area contributed by atoms with E-state index < -0.39 is 0 Å². The predicted octanol–water partition coefficient (Wildman–Crippen LogP) is 4.87. The number of carbonyl (C=O) groups excluding carboxylic acids is 1. The predicted molar refractivity (Wildman–Crippen MR) is 102 cm³/mol. The topological polar surface area (TPSA) is 42.0 Å². The molecule has 0 aliphatic rings. The summed E-state index contributed by atoms with van der Waals surface area (Å²) < 4.78 is 0. The maximum absolute atomic E-state index is 12.4. The number of hydrogen-bond acceptors (Lipinski definition) is 2.